The van der Waals surface area contributed by atoms with Gasteiger partial charge >= 0.3 is 5.97 Å². The van der Waals surface area contributed by atoms with Crippen LogP contribution in [0.3, 0.4) is 0 Å². The number of carboxylic acids is 1. The van der Waals surface area contributed by atoms with E-state index in [4.69, 9.17) is 15.6 Å². The highest BCUT2D eigenvalue weighted by Gasteiger charge is 2.27. The summed E-state index contributed by atoms with van der Waals surface area (Å²) in [6.07, 6.45) is 3.35. The van der Waals surface area contributed by atoms with Crippen molar-refractivity contribution >= 4 is 5.97 Å². The smallest absolute Gasteiger partial charge is 0.332 e. The Bertz CT molecular complexity index is 208. The zero-order valence-electron chi connectivity index (χ0n) is 9.32. The molecule has 4 nitrogen and oxygen atoms in total. The summed E-state index contributed by atoms with van der Waals surface area (Å²) in [6, 6.07) is 0. The van der Waals surface area contributed by atoms with E-state index in [2.05, 4.69) is 0 Å². The molecule has 0 bridgehead atoms. The van der Waals surface area contributed by atoms with Crippen molar-refractivity contribution in [3.63, 3.8) is 0 Å². The molecule has 1 saturated carbocycles. The fourth-order valence-corrected chi connectivity index (χ4v) is 2.25. The van der Waals surface area contributed by atoms with Gasteiger partial charge < -0.3 is 15.6 Å². The predicted molar refractivity (Wildman–Crippen MR) is 57.6 cm³/mol. The van der Waals surface area contributed by atoms with E-state index in [0.29, 0.717) is 31.4 Å². The first kappa shape index (κ1) is 12.5. The molecule has 0 saturated heterocycles. The molecular weight excluding hydrogens is 194 g/mol. The van der Waals surface area contributed by atoms with Crippen molar-refractivity contribution in [2.45, 2.75) is 38.7 Å². The Morgan fingerprint density at radius 2 is 2.20 bits per heavy atom. The quantitative estimate of drug-likeness (QED) is 0.699. The van der Waals surface area contributed by atoms with Crippen LogP contribution in [0.2, 0.25) is 0 Å². The molecule has 88 valence electrons. The minimum Gasteiger partial charge on any atom is -0.479 e. The summed E-state index contributed by atoms with van der Waals surface area (Å²) in [5.41, 5.74) is 5.65. The normalized spacial score (nSPS) is 27.9. The first-order valence-electron chi connectivity index (χ1n) is 5.73. The maximum absolute atomic E-state index is 10.7. The molecule has 1 rings (SSSR count). The Balaban J connectivity index is 2.32. The van der Waals surface area contributed by atoms with Crippen LogP contribution >= 0.6 is 0 Å². The molecule has 1 fully saturated rings. The summed E-state index contributed by atoms with van der Waals surface area (Å²) in [5.74, 6) is 0.125. The van der Waals surface area contributed by atoms with Crippen molar-refractivity contribution in [2.75, 3.05) is 13.2 Å². The summed E-state index contributed by atoms with van der Waals surface area (Å²) < 4.78 is 5.41. The summed E-state index contributed by atoms with van der Waals surface area (Å²) in [4.78, 5) is 10.7. The third kappa shape index (κ3) is 3.47. The molecule has 3 atom stereocenters. The molecule has 0 spiro atoms. The SMILES string of the molecule is CCC(OCC1CCCC1CN)C(=O)O. The maximum atomic E-state index is 10.7. The van der Waals surface area contributed by atoms with Crippen LogP contribution in [0.1, 0.15) is 32.6 Å². The van der Waals surface area contributed by atoms with Crippen LogP contribution in [0.5, 0.6) is 0 Å². The van der Waals surface area contributed by atoms with Crippen molar-refractivity contribution in [3.05, 3.63) is 0 Å². The number of nitrogens with two attached hydrogens (primary N) is 1. The van der Waals surface area contributed by atoms with Crippen LogP contribution in [0, 0.1) is 11.8 Å². The molecule has 1 aliphatic rings. The minimum atomic E-state index is -0.861. The van der Waals surface area contributed by atoms with Crippen LogP contribution in [-0.4, -0.2) is 30.3 Å². The molecule has 4 heteroatoms. The average Bonchev–Trinajstić information content (AvgIpc) is 2.65. The topological polar surface area (TPSA) is 72.5 Å². The van der Waals surface area contributed by atoms with Crippen molar-refractivity contribution in [1.82, 2.24) is 0 Å². The number of hydrogen-bond acceptors (Lipinski definition) is 3. The Morgan fingerprint density at radius 3 is 2.73 bits per heavy atom. The second kappa shape index (κ2) is 6.08. The number of ether oxygens (including phenoxy) is 1. The molecule has 0 amide bonds. The van der Waals surface area contributed by atoms with Crippen LogP contribution in [0.25, 0.3) is 0 Å². The highest BCUT2D eigenvalue weighted by Crippen LogP contribution is 2.31. The van der Waals surface area contributed by atoms with Gasteiger partial charge in [-0.2, -0.15) is 0 Å². The molecule has 3 N–H and O–H groups in total. The molecule has 3 unspecified atom stereocenters. The number of carboxylic acid groups (broad SMARTS) is 1. The van der Waals surface area contributed by atoms with Crippen LogP contribution < -0.4 is 5.73 Å². The summed E-state index contributed by atoms with van der Waals surface area (Å²) >= 11 is 0. The van der Waals surface area contributed by atoms with E-state index in [1.165, 1.54) is 6.42 Å². The van der Waals surface area contributed by atoms with Gasteiger partial charge in [0, 0.05) is 0 Å². The second-order valence-electron chi connectivity index (χ2n) is 4.26. The van der Waals surface area contributed by atoms with Gasteiger partial charge in [-0.05, 0) is 37.6 Å². The summed E-state index contributed by atoms with van der Waals surface area (Å²) in [6.45, 7) is 3.07. The van der Waals surface area contributed by atoms with Gasteiger partial charge in [-0.1, -0.05) is 13.3 Å². The molecule has 0 aromatic carbocycles. The van der Waals surface area contributed by atoms with E-state index in [-0.39, 0.29) is 0 Å². The zero-order valence-corrected chi connectivity index (χ0v) is 9.32. The molecule has 0 radical (unpaired) electrons. The van der Waals surface area contributed by atoms with Gasteiger partial charge in [-0.25, -0.2) is 4.79 Å². The van der Waals surface area contributed by atoms with Crippen molar-refractivity contribution in [2.24, 2.45) is 17.6 Å². The fourth-order valence-electron chi connectivity index (χ4n) is 2.25. The molecule has 1 aliphatic carbocycles. The van der Waals surface area contributed by atoms with E-state index in [1.54, 1.807) is 0 Å². The molecule has 0 aliphatic heterocycles. The van der Waals surface area contributed by atoms with Gasteiger partial charge in [-0.15, -0.1) is 0 Å². The lowest BCUT2D eigenvalue weighted by Gasteiger charge is -2.20. The van der Waals surface area contributed by atoms with Gasteiger partial charge in [0.15, 0.2) is 6.10 Å². The lowest BCUT2D eigenvalue weighted by Crippen LogP contribution is -2.28. The predicted octanol–water partition coefficient (Wildman–Crippen LogP) is 1.24. The van der Waals surface area contributed by atoms with Gasteiger partial charge in [0.05, 0.1) is 6.61 Å². The molecule has 0 aromatic rings. The van der Waals surface area contributed by atoms with Gasteiger partial charge in [0.25, 0.3) is 0 Å². The number of rotatable bonds is 6. The molecular formula is C11H21NO3. The first-order chi connectivity index (χ1) is 7.19. The first-order valence-corrected chi connectivity index (χ1v) is 5.73. The lowest BCUT2D eigenvalue weighted by atomic mass is 9.97. The van der Waals surface area contributed by atoms with Crippen LogP contribution in [0.15, 0.2) is 0 Å². The highest BCUT2D eigenvalue weighted by atomic mass is 16.5. The second-order valence-corrected chi connectivity index (χ2v) is 4.26. The Kier molecular flexibility index (Phi) is 5.05. The van der Waals surface area contributed by atoms with Crippen LogP contribution in [0.4, 0.5) is 0 Å². The monoisotopic (exact) mass is 215 g/mol. The van der Waals surface area contributed by atoms with E-state index in [0.717, 1.165) is 12.8 Å². The third-order valence-corrected chi connectivity index (χ3v) is 3.28. The van der Waals surface area contributed by atoms with E-state index in [9.17, 15) is 4.79 Å². The number of aliphatic carboxylic acids is 1. The highest BCUT2D eigenvalue weighted by molar-refractivity contribution is 5.72. The van der Waals surface area contributed by atoms with Gasteiger partial charge in [-0.3, -0.25) is 0 Å². The maximum Gasteiger partial charge on any atom is 0.332 e. The summed E-state index contributed by atoms with van der Waals surface area (Å²) in [5, 5.41) is 8.82. The van der Waals surface area contributed by atoms with Crippen molar-refractivity contribution < 1.29 is 14.6 Å². The lowest BCUT2D eigenvalue weighted by molar-refractivity contribution is -0.151. The van der Waals surface area contributed by atoms with Crippen molar-refractivity contribution in [3.8, 4) is 0 Å². The fraction of sp³-hybridized carbons (Fsp3) is 0.909. The third-order valence-electron chi connectivity index (χ3n) is 3.28. The Labute approximate surface area is 90.8 Å². The van der Waals surface area contributed by atoms with Gasteiger partial charge in [0.1, 0.15) is 0 Å². The Morgan fingerprint density at radius 1 is 1.53 bits per heavy atom. The van der Waals surface area contributed by atoms with E-state index < -0.39 is 12.1 Å². The molecule has 15 heavy (non-hydrogen) atoms. The molecule has 0 heterocycles. The van der Waals surface area contributed by atoms with Crippen molar-refractivity contribution in [1.29, 1.82) is 0 Å². The van der Waals surface area contributed by atoms with E-state index >= 15 is 0 Å². The zero-order chi connectivity index (χ0) is 11.3. The summed E-state index contributed by atoms with van der Waals surface area (Å²) in [7, 11) is 0. The van der Waals surface area contributed by atoms with Gasteiger partial charge in [0.2, 0.25) is 0 Å². The number of carbonyl (C=O) groups is 1. The van der Waals surface area contributed by atoms with E-state index in [1.807, 2.05) is 6.92 Å². The molecule has 0 aromatic heterocycles. The standard InChI is InChI=1S/C11H21NO3/c1-2-10(11(13)14)15-7-9-5-3-4-8(9)6-12/h8-10H,2-7,12H2,1H3,(H,13,14). The van der Waals surface area contributed by atoms with Crippen LogP contribution in [-0.2, 0) is 9.53 Å². The Hall–Kier alpha value is -0.610. The largest absolute Gasteiger partial charge is 0.479 e. The number of hydrogen-bond donors (Lipinski definition) is 2. The minimum absolute atomic E-state index is 0.461. The average molecular weight is 215 g/mol.